The molecule has 2 nitrogen and oxygen atoms in total. The lowest BCUT2D eigenvalue weighted by atomic mass is 9.63. The number of rotatable bonds is 2. The molecule has 2 saturated heterocycles. The van der Waals surface area contributed by atoms with Gasteiger partial charge in [0.15, 0.2) is 0 Å². The van der Waals surface area contributed by atoms with Crippen molar-refractivity contribution in [3.8, 4) is 0 Å². The molecule has 0 spiro atoms. The summed E-state index contributed by atoms with van der Waals surface area (Å²) in [5.41, 5.74) is -0.311. The minimum Gasteiger partial charge on any atom is -0.389 e. The van der Waals surface area contributed by atoms with Crippen LogP contribution in [0.3, 0.4) is 0 Å². The molecule has 3 fully saturated rings. The first-order valence-electron chi connectivity index (χ1n) is 7.68. The fourth-order valence-corrected chi connectivity index (χ4v) is 4.83. The summed E-state index contributed by atoms with van der Waals surface area (Å²) < 4.78 is 0. The molecule has 0 aromatic carbocycles. The monoisotopic (exact) mass is 237 g/mol. The Bertz CT molecular complexity index is 280. The molecule has 1 aliphatic carbocycles. The van der Waals surface area contributed by atoms with Crippen LogP contribution in [0, 0.1) is 17.8 Å². The van der Waals surface area contributed by atoms with Gasteiger partial charge in [0.25, 0.3) is 0 Å². The Morgan fingerprint density at radius 1 is 1.18 bits per heavy atom. The quantitative estimate of drug-likeness (QED) is 0.798. The lowest BCUT2D eigenvalue weighted by Gasteiger charge is -2.49. The van der Waals surface area contributed by atoms with Crippen LogP contribution in [0.4, 0.5) is 0 Å². The molecule has 3 aliphatic rings. The van der Waals surface area contributed by atoms with Gasteiger partial charge in [-0.3, -0.25) is 0 Å². The van der Waals surface area contributed by atoms with Gasteiger partial charge in [-0.15, -0.1) is 0 Å². The molecule has 2 heteroatoms. The number of nitrogens with zero attached hydrogens (tertiary/aromatic N) is 1. The average Bonchev–Trinajstić information content (AvgIpc) is 2.79. The molecule has 98 valence electrons. The molecule has 1 saturated carbocycles. The van der Waals surface area contributed by atoms with Gasteiger partial charge < -0.3 is 10.0 Å². The fourth-order valence-electron chi connectivity index (χ4n) is 4.83. The summed E-state index contributed by atoms with van der Waals surface area (Å²) in [5, 5.41) is 11.3. The summed E-state index contributed by atoms with van der Waals surface area (Å²) in [6.45, 7) is 5.86. The Kier molecular flexibility index (Phi) is 3.20. The summed E-state index contributed by atoms with van der Waals surface area (Å²) >= 11 is 0. The summed E-state index contributed by atoms with van der Waals surface area (Å²) in [6.07, 6.45) is 8.93. The van der Waals surface area contributed by atoms with E-state index in [1.807, 2.05) is 0 Å². The van der Waals surface area contributed by atoms with Crippen LogP contribution in [0.25, 0.3) is 0 Å². The standard InChI is InChI=1S/C15H27NO/c1-2-12-5-3-4-6-14(12)15(17)8-10-16-9-7-13(15)11-16/h12-14,17H,2-11H2,1H3. The highest BCUT2D eigenvalue weighted by Crippen LogP contribution is 2.48. The van der Waals surface area contributed by atoms with Crippen LogP contribution < -0.4 is 0 Å². The van der Waals surface area contributed by atoms with Gasteiger partial charge in [0, 0.05) is 19.0 Å². The Balaban J connectivity index is 1.80. The topological polar surface area (TPSA) is 23.5 Å². The Hall–Kier alpha value is -0.0800. The molecule has 2 heterocycles. The highest BCUT2D eigenvalue weighted by atomic mass is 16.3. The third kappa shape index (κ3) is 1.94. The Morgan fingerprint density at radius 3 is 2.82 bits per heavy atom. The highest BCUT2D eigenvalue weighted by Gasteiger charge is 2.51. The summed E-state index contributed by atoms with van der Waals surface area (Å²) in [5.74, 6) is 1.97. The molecule has 0 amide bonds. The molecular formula is C15H27NO. The van der Waals surface area contributed by atoms with Crippen LogP contribution in [0.15, 0.2) is 0 Å². The van der Waals surface area contributed by atoms with E-state index in [9.17, 15) is 5.11 Å². The van der Waals surface area contributed by atoms with Gasteiger partial charge in [-0.2, -0.15) is 0 Å². The van der Waals surface area contributed by atoms with Crippen molar-refractivity contribution in [3.05, 3.63) is 0 Å². The predicted octanol–water partition coefficient (Wildman–Crippen LogP) is 2.66. The Labute approximate surface area is 105 Å². The zero-order chi connectivity index (χ0) is 11.9. The van der Waals surface area contributed by atoms with Crippen LogP contribution in [0.1, 0.15) is 51.9 Å². The van der Waals surface area contributed by atoms with Crippen LogP contribution in [-0.2, 0) is 0 Å². The summed E-state index contributed by atoms with van der Waals surface area (Å²) in [6, 6.07) is 0. The maximum absolute atomic E-state index is 11.3. The van der Waals surface area contributed by atoms with Crippen LogP contribution in [-0.4, -0.2) is 35.2 Å². The summed E-state index contributed by atoms with van der Waals surface area (Å²) in [4.78, 5) is 2.54. The fraction of sp³-hybridized carbons (Fsp3) is 1.00. The highest BCUT2D eigenvalue weighted by molar-refractivity contribution is 5.03. The van der Waals surface area contributed by atoms with E-state index in [0.29, 0.717) is 11.8 Å². The molecule has 0 aromatic heterocycles. The number of fused-ring (bicyclic) bond motifs is 2. The Morgan fingerprint density at radius 2 is 2.00 bits per heavy atom. The zero-order valence-electron chi connectivity index (χ0n) is 11.2. The van der Waals surface area contributed by atoms with Crippen molar-refractivity contribution < 1.29 is 5.11 Å². The second-order valence-electron chi connectivity index (χ2n) is 6.59. The molecule has 1 N–H and O–H groups in total. The van der Waals surface area contributed by atoms with Crippen molar-refractivity contribution in [3.63, 3.8) is 0 Å². The smallest absolute Gasteiger partial charge is 0.0731 e. The van der Waals surface area contributed by atoms with Crippen molar-refractivity contribution in [2.45, 2.75) is 57.5 Å². The van der Waals surface area contributed by atoms with E-state index in [1.54, 1.807) is 0 Å². The molecule has 0 aromatic rings. The van der Waals surface area contributed by atoms with Crippen molar-refractivity contribution in [2.75, 3.05) is 19.6 Å². The van der Waals surface area contributed by atoms with E-state index in [2.05, 4.69) is 11.8 Å². The number of hydrogen-bond donors (Lipinski definition) is 1. The molecule has 2 aliphatic heterocycles. The second kappa shape index (κ2) is 4.55. The lowest BCUT2D eigenvalue weighted by molar-refractivity contribution is -0.118. The van der Waals surface area contributed by atoms with E-state index >= 15 is 0 Å². The molecule has 17 heavy (non-hydrogen) atoms. The minimum absolute atomic E-state index is 0.311. The average molecular weight is 237 g/mol. The third-order valence-corrected chi connectivity index (χ3v) is 5.88. The minimum atomic E-state index is -0.311. The molecule has 5 unspecified atom stereocenters. The van der Waals surface area contributed by atoms with Gasteiger partial charge in [0.2, 0.25) is 0 Å². The zero-order valence-corrected chi connectivity index (χ0v) is 11.2. The molecular weight excluding hydrogens is 210 g/mol. The molecule has 0 radical (unpaired) electrons. The number of aliphatic hydroxyl groups is 1. The molecule has 3 rings (SSSR count). The molecule has 2 bridgehead atoms. The number of hydrogen-bond acceptors (Lipinski definition) is 2. The van der Waals surface area contributed by atoms with E-state index in [4.69, 9.17) is 0 Å². The van der Waals surface area contributed by atoms with E-state index in [1.165, 1.54) is 51.6 Å². The van der Waals surface area contributed by atoms with Crippen LogP contribution >= 0.6 is 0 Å². The van der Waals surface area contributed by atoms with Crippen molar-refractivity contribution in [2.24, 2.45) is 17.8 Å². The number of piperidine rings is 1. The van der Waals surface area contributed by atoms with E-state index in [0.717, 1.165) is 18.9 Å². The van der Waals surface area contributed by atoms with E-state index < -0.39 is 0 Å². The molecule has 5 atom stereocenters. The van der Waals surface area contributed by atoms with Gasteiger partial charge in [0.1, 0.15) is 0 Å². The van der Waals surface area contributed by atoms with Crippen LogP contribution in [0.5, 0.6) is 0 Å². The third-order valence-electron chi connectivity index (χ3n) is 5.88. The van der Waals surface area contributed by atoms with Crippen LogP contribution in [0.2, 0.25) is 0 Å². The van der Waals surface area contributed by atoms with Gasteiger partial charge in [-0.05, 0) is 37.6 Å². The van der Waals surface area contributed by atoms with Gasteiger partial charge in [-0.25, -0.2) is 0 Å². The van der Waals surface area contributed by atoms with Gasteiger partial charge >= 0.3 is 0 Å². The van der Waals surface area contributed by atoms with Gasteiger partial charge in [0.05, 0.1) is 5.60 Å². The van der Waals surface area contributed by atoms with Crippen molar-refractivity contribution in [1.82, 2.24) is 4.90 Å². The first kappa shape index (κ1) is 12.0. The first-order chi connectivity index (χ1) is 8.24. The second-order valence-corrected chi connectivity index (χ2v) is 6.59. The first-order valence-corrected chi connectivity index (χ1v) is 7.68. The largest absolute Gasteiger partial charge is 0.389 e. The maximum atomic E-state index is 11.3. The van der Waals surface area contributed by atoms with Crippen molar-refractivity contribution in [1.29, 1.82) is 0 Å². The van der Waals surface area contributed by atoms with Crippen molar-refractivity contribution >= 4 is 0 Å². The maximum Gasteiger partial charge on any atom is 0.0731 e. The predicted molar refractivity (Wildman–Crippen MR) is 69.9 cm³/mol. The normalized spacial score (nSPS) is 50.5. The van der Waals surface area contributed by atoms with E-state index in [-0.39, 0.29) is 5.60 Å². The lowest BCUT2D eigenvalue weighted by Crippen LogP contribution is -2.54. The summed E-state index contributed by atoms with van der Waals surface area (Å²) in [7, 11) is 0. The van der Waals surface area contributed by atoms with Gasteiger partial charge in [-0.1, -0.05) is 32.6 Å². The SMILES string of the molecule is CCC1CCCCC1C1(O)CCN2CCC1C2.